The Morgan fingerprint density at radius 1 is 1.33 bits per heavy atom. The van der Waals surface area contributed by atoms with Gasteiger partial charge in [0.15, 0.2) is 5.82 Å². The zero-order valence-corrected chi connectivity index (χ0v) is 15.0. The molecule has 0 spiro atoms. The lowest BCUT2D eigenvalue weighted by atomic mass is 10.1. The van der Waals surface area contributed by atoms with Gasteiger partial charge >= 0.3 is 0 Å². The van der Waals surface area contributed by atoms with Crippen LogP contribution in [0.4, 0.5) is 5.82 Å². The summed E-state index contributed by atoms with van der Waals surface area (Å²) in [6.45, 7) is 4.79. The number of aromatic nitrogens is 1. The van der Waals surface area contributed by atoms with Gasteiger partial charge in [-0.15, -0.1) is 0 Å². The van der Waals surface area contributed by atoms with Crippen molar-refractivity contribution in [2.75, 3.05) is 27.7 Å². The molecule has 0 aliphatic carbocycles. The number of pyridine rings is 1. The first kappa shape index (κ1) is 19.6. The summed E-state index contributed by atoms with van der Waals surface area (Å²) in [6, 6.07) is 5.17. The third-order valence-corrected chi connectivity index (χ3v) is 3.28. The largest absolute Gasteiger partial charge is 0.369 e. The molecule has 1 aromatic heterocycles. The summed E-state index contributed by atoms with van der Waals surface area (Å²) in [5.74, 6) is 0.398. The van der Waals surface area contributed by atoms with Crippen molar-refractivity contribution in [3.63, 3.8) is 0 Å². The Morgan fingerprint density at radius 2 is 2.04 bits per heavy atom. The number of hydrogen-bond acceptors (Lipinski definition) is 5. The van der Waals surface area contributed by atoms with E-state index in [1.54, 1.807) is 35.8 Å². The van der Waals surface area contributed by atoms with Gasteiger partial charge in [0.05, 0.1) is 6.34 Å². The SMILES string of the molecule is CC(N)C(C)CN(C)/C=N/NC(=O)c1cccc(N=CN(C)C)n1. The Kier molecular flexibility index (Phi) is 7.84. The number of hydrazone groups is 1. The van der Waals surface area contributed by atoms with Gasteiger partial charge in [-0.05, 0) is 25.0 Å². The van der Waals surface area contributed by atoms with E-state index in [1.807, 2.05) is 33.0 Å². The molecule has 0 aromatic carbocycles. The molecule has 0 saturated heterocycles. The molecule has 1 amide bonds. The van der Waals surface area contributed by atoms with Gasteiger partial charge in [0, 0.05) is 33.7 Å². The van der Waals surface area contributed by atoms with Crippen LogP contribution in [0.2, 0.25) is 0 Å². The van der Waals surface area contributed by atoms with E-state index in [4.69, 9.17) is 5.73 Å². The summed E-state index contributed by atoms with van der Waals surface area (Å²) in [4.78, 5) is 24.1. The Labute approximate surface area is 143 Å². The van der Waals surface area contributed by atoms with Crippen LogP contribution in [0.25, 0.3) is 0 Å². The minimum atomic E-state index is -0.387. The minimum Gasteiger partial charge on any atom is -0.369 e. The number of nitrogens with one attached hydrogen (secondary N) is 1. The smallest absolute Gasteiger partial charge is 0.290 e. The summed E-state index contributed by atoms with van der Waals surface area (Å²) in [5.41, 5.74) is 8.54. The second kappa shape index (κ2) is 9.61. The number of nitrogens with two attached hydrogens (primary N) is 1. The van der Waals surface area contributed by atoms with Crippen molar-refractivity contribution in [2.24, 2.45) is 21.7 Å². The molecule has 8 nitrogen and oxygen atoms in total. The Hall–Kier alpha value is -2.48. The number of aliphatic imine (C=N–C) groups is 1. The van der Waals surface area contributed by atoms with Crippen LogP contribution in [0.15, 0.2) is 28.3 Å². The minimum absolute atomic E-state index is 0.102. The third kappa shape index (κ3) is 7.19. The van der Waals surface area contributed by atoms with Crippen molar-refractivity contribution >= 4 is 24.4 Å². The van der Waals surface area contributed by atoms with Gasteiger partial charge in [-0.3, -0.25) is 4.79 Å². The topological polar surface area (TPSA) is 99.2 Å². The molecule has 1 heterocycles. The molecule has 0 saturated carbocycles. The fraction of sp³-hybridized carbons (Fsp3) is 0.500. The molecule has 0 fully saturated rings. The van der Waals surface area contributed by atoms with Gasteiger partial charge in [-0.1, -0.05) is 13.0 Å². The van der Waals surface area contributed by atoms with Gasteiger partial charge < -0.3 is 15.5 Å². The molecule has 1 rings (SSSR count). The van der Waals surface area contributed by atoms with E-state index < -0.39 is 0 Å². The average Bonchev–Trinajstić information content (AvgIpc) is 2.52. The lowest BCUT2D eigenvalue weighted by Crippen LogP contribution is -2.34. The highest BCUT2D eigenvalue weighted by atomic mass is 16.2. The van der Waals surface area contributed by atoms with Crippen LogP contribution in [-0.4, -0.2) is 67.1 Å². The number of carbonyl (C=O) groups is 1. The normalized spacial score (nSPS) is 13.9. The van der Waals surface area contributed by atoms with E-state index in [0.717, 1.165) is 6.54 Å². The van der Waals surface area contributed by atoms with Crippen LogP contribution in [-0.2, 0) is 0 Å². The molecule has 0 bridgehead atoms. The van der Waals surface area contributed by atoms with Gasteiger partial charge in [0.25, 0.3) is 5.91 Å². The first-order valence-corrected chi connectivity index (χ1v) is 7.76. The van der Waals surface area contributed by atoms with Gasteiger partial charge in [-0.2, -0.15) is 5.10 Å². The monoisotopic (exact) mass is 333 g/mol. The molecule has 2 atom stereocenters. The molecule has 24 heavy (non-hydrogen) atoms. The van der Waals surface area contributed by atoms with Crippen molar-refractivity contribution in [3.05, 3.63) is 23.9 Å². The maximum absolute atomic E-state index is 12.1. The fourth-order valence-electron chi connectivity index (χ4n) is 1.71. The Balaban J connectivity index is 2.59. The molecule has 0 aliphatic rings. The van der Waals surface area contributed by atoms with Gasteiger partial charge in [-0.25, -0.2) is 15.4 Å². The molecule has 2 unspecified atom stereocenters. The highest BCUT2D eigenvalue weighted by Crippen LogP contribution is 2.08. The molecule has 3 N–H and O–H groups in total. The zero-order valence-electron chi connectivity index (χ0n) is 15.0. The van der Waals surface area contributed by atoms with E-state index in [-0.39, 0.29) is 17.6 Å². The number of rotatable bonds is 8. The molecule has 1 aromatic rings. The highest BCUT2D eigenvalue weighted by molar-refractivity contribution is 5.92. The van der Waals surface area contributed by atoms with Crippen LogP contribution < -0.4 is 11.2 Å². The first-order valence-electron chi connectivity index (χ1n) is 7.76. The van der Waals surface area contributed by atoms with Crippen molar-refractivity contribution in [1.82, 2.24) is 20.2 Å². The molecular weight excluding hydrogens is 306 g/mol. The summed E-state index contributed by atoms with van der Waals surface area (Å²) in [7, 11) is 5.60. The number of hydrogen-bond donors (Lipinski definition) is 2. The highest BCUT2D eigenvalue weighted by Gasteiger charge is 2.09. The third-order valence-electron chi connectivity index (χ3n) is 3.28. The molecular formula is C16H27N7O. The van der Waals surface area contributed by atoms with Crippen LogP contribution in [0.1, 0.15) is 24.3 Å². The van der Waals surface area contributed by atoms with E-state index in [1.165, 1.54) is 0 Å². The van der Waals surface area contributed by atoms with Crippen molar-refractivity contribution in [1.29, 1.82) is 0 Å². The molecule has 132 valence electrons. The van der Waals surface area contributed by atoms with Crippen molar-refractivity contribution < 1.29 is 4.79 Å². The summed E-state index contributed by atoms with van der Waals surface area (Å²) >= 11 is 0. The van der Waals surface area contributed by atoms with E-state index >= 15 is 0 Å². The molecule has 8 heteroatoms. The predicted octanol–water partition coefficient (Wildman–Crippen LogP) is 0.891. The van der Waals surface area contributed by atoms with Gasteiger partial charge in [0.2, 0.25) is 0 Å². The second-order valence-electron chi connectivity index (χ2n) is 6.05. The molecule has 0 radical (unpaired) electrons. The predicted molar refractivity (Wildman–Crippen MR) is 97.5 cm³/mol. The second-order valence-corrected chi connectivity index (χ2v) is 6.05. The maximum Gasteiger partial charge on any atom is 0.290 e. The number of carbonyl (C=O) groups excluding carboxylic acids is 1. The summed E-state index contributed by atoms with van der Waals surface area (Å²) in [6.07, 6.45) is 3.18. The van der Waals surface area contributed by atoms with Crippen LogP contribution in [0, 0.1) is 5.92 Å². The van der Waals surface area contributed by atoms with Gasteiger partial charge in [0.1, 0.15) is 12.0 Å². The lowest BCUT2D eigenvalue weighted by molar-refractivity contribution is 0.0949. The van der Waals surface area contributed by atoms with Crippen LogP contribution >= 0.6 is 0 Å². The molecule has 0 aliphatic heterocycles. The van der Waals surface area contributed by atoms with E-state index in [0.29, 0.717) is 11.7 Å². The summed E-state index contributed by atoms with van der Waals surface area (Å²) < 4.78 is 0. The van der Waals surface area contributed by atoms with Crippen LogP contribution in [0.5, 0.6) is 0 Å². The van der Waals surface area contributed by atoms with Crippen LogP contribution in [0.3, 0.4) is 0 Å². The van der Waals surface area contributed by atoms with Crippen molar-refractivity contribution in [3.8, 4) is 0 Å². The quantitative estimate of drug-likeness (QED) is 0.418. The van der Waals surface area contributed by atoms with Crippen molar-refractivity contribution in [2.45, 2.75) is 19.9 Å². The lowest BCUT2D eigenvalue weighted by Gasteiger charge is -2.21. The Bertz CT molecular complexity index is 584. The summed E-state index contributed by atoms with van der Waals surface area (Å²) in [5, 5.41) is 3.94. The Morgan fingerprint density at radius 3 is 2.67 bits per heavy atom. The van der Waals surface area contributed by atoms with E-state index in [2.05, 4.69) is 27.4 Å². The zero-order chi connectivity index (χ0) is 18.1. The maximum atomic E-state index is 12.1. The van der Waals surface area contributed by atoms with E-state index in [9.17, 15) is 4.79 Å². The fourth-order valence-corrected chi connectivity index (χ4v) is 1.71. The number of nitrogens with zero attached hydrogens (tertiary/aromatic N) is 5. The standard InChI is InChI=1S/C16H27N7O/c1-12(13(2)17)9-23(5)11-19-21-16(24)14-7-6-8-15(20-14)18-10-22(3)4/h6-8,10-13H,9,17H2,1-5H3,(H,21,24)/b18-10?,19-11+. The first-order chi connectivity index (χ1) is 11.3. The average molecular weight is 333 g/mol. The number of amides is 1.